The number of alkyl halides is 1. The van der Waals surface area contributed by atoms with Crippen molar-refractivity contribution in [3.05, 3.63) is 0 Å². The molecule has 2 aliphatic carbocycles. The number of nitrogens with two attached hydrogens (primary N) is 1. The van der Waals surface area contributed by atoms with E-state index in [4.69, 9.17) is 5.73 Å². The van der Waals surface area contributed by atoms with Gasteiger partial charge in [-0.05, 0) is 50.0 Å². The zero-order valence-electron chi connectivity index (χ0n) is 6.80. The van der Waals surface area contributed by atoms with E-state index in [2.05, 4.69) is 22.6 Å². The minimum atomic E-state index is 0.903. The zero-order valence-corrected chi connectivity index (χ0v) is 8.96. The molecule has 4 atom stereocenters. The summed E-state index contributed by atoms with van der Waals surface area (Å²) in [5.74, 6) is 3.10. The minimum absolute atomic E-state index is 0.903. The van der Waals surface area contributed by atoms with Gasteiger partial charge in [-0.25, -0.2) is 0 Å². The predicted molar refractivity (Wildman–Crippen MR) is 55.8 cm³/mol. The average molecular weight is 265 g/mol. The maximum atomic E-state index is 5.57. The maximum absolute atomic E-state index is 5.57. The monoisotopic (exact) mass is 265 g/mol. The SMILES string of the molecule is NCCC1CC2CC1CC2I. The van der Waals surface area contributed by atoms with E-state index in [-0.39, 0.29) is 0 Å². The first-order valence-corrected chi connectivity index (χ1v) is 5.90. The van der Waals surface area contributed by atoms with E-state index in [0.717, 1.165) is 28.2 Å². The van der Waals surface area contributed by atoms with E-state index in [1.54, 1.807) is 0 Å². The maximum Gasteiger partial charge on any atom is 0.0141 e. The van der Waals surface area contributed by atoms with Gasteiger partial charge in [-0.2, -0.15) is 0 Å². The molecule has 0 amide bonds. The molecule has 2 N–H and O–H groups in total. The molecule has 0 saturated heterocycles. The van der Waals surface area contributed by atoms with E-state index >= 15 is 0 Å². The van der Waals surface area contributed by atoms with Gasteiger partial charge in [-0.1, -0.05) is 22.6 Å². The quantitative estimate of drug-likeness (QED) is 0.601. The van der Waals surface area contributed by atoms with Crippen LogP contribution >= 0.6 is 22.6 Å². The van der Waals surface area contributed by atoms with E-state index < -0.39 is 0 Å². The van der Waals surface area contributed by atoms with Crippen LogP contribution in [-0.2, 0) is 0 Å². The van der Waals surface area contributed by atoms with Crippen LogP contribution in [0.15, 0.2) is 0 Å². The van der Waals surface area contributed by atoms with Crippen molar-refractivity contribution in [2.75, 3.05) is 6.54 Å². The van der Waals surface area contributed by atoms with Crippen molar-refractivity contribution in [3.63, 3.8) is 0 Å². The summed E-state index contributed by atoms with van der Waals surface area (Å²) in [5.41, 5.74) is 5.57. The van der Waals surface area contributed by atoms with Gasteiger partial charge >= 0.3 is 0 Å². The lowest BCUT2D eigenvalue weighted by atomic mass is 9.86. The van der Waals surface area contributed by atoms with Crippen LogP contribution in [0, 0.1) is 17.8 Å². The third kappa shape index (κ3) is 1.44. The topological polar surface area (TPSA) is 26.0 Å². The average Bonchev–Trinajstić information content (AvgIpc) is 2.47. The first-order valence-electron chi connectivity index (χ1n) is 4.65. The third-order valence-corrected chi connectivity index (χ3v) is 4.98. The van der Waals surface area contributed by atoms with E-state index in [9.17, 15) is 0 Å². The summed E-state index contributed by atoms with van der Waals surface area (Å²) < 4.78 is 0.992. The Bertz CT molecular complexity index is 146. The largest absolute Gasteiger partial charge is 0.330 e. The van der Waals surface area contributed by atoms with Gasteiger partial charge in [0.15, 0.2) is 0 Å². The highest BCUT2D eigenvalue weighted by Crippen LogP contribution is 2.52. The zero-order chi connectivity index (χ0) is 7.84. The van der Waals surface area contributed by atoms with Crippen molar-refractivity contribution in [1.29, 1.82) is 0 Å². The Kier molecular flexibility index (Phi) is 2.42. The van der Waals surface area contributed by atoms with Crippen LogP contribution in [0.2, 0.25) is 0 Å². The van der Waals surface area contributed by atoms with Crippen molar-refractivity contribution in [3.8, 4) is 0 Å². The second kappa shape index (κ2) is 3.21. The Balaban J connectivity index is 1.92. The summed E-state index contributed by atoms with van der Waals surface area (Å²) in [7, 11) is 0. The van der Waals surface area contributed by atoms with Crippen LogP contribution in [-0.4, -0.2) is 10.5 Å². The normalized spacial score (nSPS) is 48.5. The lowest BCUT2D eigenvalue weighted by Crippen LogP contribution is -2.19. The molecule has 64 valence electrons. The number of rotatable bonds is 2. The molecular weight excluding hydrogens is 249 g/mol. The molecule has 0 aromatic carbocycles. The molecule has 11 heavy (non-hydrogen) atoms. The van der Waals surface area contributed by atoms with Crippen LogP contribution in [0.4, 0.5) is 0 Å². The first-order chi connectivity index (χ1) is 5.31. The first kappa shape index (κ1) is 8.30. The highest BCUT2D eigenvalue weighted by Gasteiger charge is 2.43. The van der Waals surface area contributed by atoms with Crippen LogP contribution < -0.4 is 5.73 Å². The Morgan fingerprint density at radius 3 is 2.45 bits per heavy atom. The number of hydrogen-bond acceptors (Lipinski definition) is 1. The summed E-state index contributed by atoms with van der Waals surface area (Å²) in [6.45, 7) is 0.903. The van der Waals surface area contributed by atoms with Crippen LogP contribution in [0.3, 0.4) is 0 Å². The molecule has 2 rings (SSSR count). The van der Waals surface area contributed by atoms with Crippen molar-refractivity contribution in [1.82, 2.24) is 0 Å². The molecule has 0 heterocycles. The number of halogens is 1. The lowest BCUT2D eigenvalue weighted by Gasteiger charge is -2.23. The molecule has 2 saturated carbocycles. The summed E-state index contributed by atoms with van der Waals surface area (Å²) in [6, 6.07) is 0. The van der Waals surface area contributed by atoms with Crippen molar-refractivity contribution >= 4 is 22.6 Å². The third-order valence-electron chi connectivity index (χ3n) is 3.45. The van der Waals surface area contributed by atoms with Gasteiger partial charge in [0.25, 0.3) is 0 Å². The second-order valence-electron chi connectivity index (χ2n) is 4.08. The molecule has 2 heteroatoms. The Hall–Kier alpha value is 0.690. The molecular formula is C9H16IN. The van der Waals surface area contributed by atoms with Gasteiger partial charge in [-0.15, -0.1) is 0 Å². The van der Waals surface area contributed by atoms with Crippen LogP contribution in [0.25, 0.3) is 0 Å². The Morgan fingerprint density at radius 2 is 2.00 bits per heavy atom. The molecule has 0 spiro atoms. The van der Waals surface area contributed by atoms with Gasteiger partial charge in [0.1, 0.15) is 0 Å². The number of hydrogen-bond donors (Lipinski definition) is 1. The number of fused-ring (bicyclic) bond motifs is 2. The van der Waals surface area contributed by atoms with E-state index in [1.165, 1.54) is 25.7 Å². The second-order valence-corrected chi connectivity index (χ2v) is 5.68. The highest BCUT2D eigenvalue weighted by atomic mass is 127. The van der Waals surface area contributed by atoms with Gasteiger partial charge in [0.05, 0.1) is 0 Å². The summed E-state index contributed by atoms with van der Waals surface area (Å²) >= 11 is 2.63. The molecule has 2 fully saturated rings. The molecule has 2 bridgehead atoms. The van der Waals surface area contributed by atoms with Crippen molar-refractivity contribution in [2.24, 2.45) is 23.5 Å². The minimum Gasteiger partial charge on any atom is -0.330 e. The van der Waals surface area contributed by atoms with E-state index in [0.29, 0.717) is 0 Å². The van der Waals surface area contributed by atoms with E-state index in [1.807, 2.05) is 0 Å². The molecule has 1 nitrogen and oxygen atoms in total. The fourth-order valence-electron chi connectivity index (χ4n) is 2.89. The van der Waals surface area contributed by atoms with Crippen molar-refractivity contribution in [2.45, 2.75) is 29.6 Å². The van der Waals surface area contributed by atoms with Gasteiger partial charge < -0.3 is 5.73 Å². The van der Waals surface area contributed by atoms with Gasteiger partial charge in [-0.3, -0.25) is 0 Å². The summed E-state index contributed by atoms with van der Waals surface area (Å²) in [5, 5.41) is 0. The lowest BCUT2D eigenvalue weighted by molar-refractivity contribution is 0.328. The van der Waals surface area contributed by atoms with Crippen molar-refractivity contribution < 1.29 is 0 Å². The smallest absolute Gasteiger partial charge is 0.0141 e. The molecule has 2 aliphatic rings. The van der Waals surface area contributed by atoms with Gasteiger partial charge in [0, 0.05) is 3.92 Å². The highest BCUT2D eigenvalue weighted by molar-refractivity contribution is 14.1. The molecule has 4 unspecified atom stereocenters. The van der Waals surface area contributed by atoms with Crippen LogP contribution in [0.5, 0.6) is 0 Å². The summed E-state index contributed by atoms with van der Waals surface area (Å²) in [6.07, 6.45) is 5.76. The molecule has 0 aliphatic heterocycles. The van der Waals surface area contributed by atoms with Gasteiger partial charge in [0.2, 0.25) is 0 Å². The predicted octanol–water partition coefficient (Wildman–Crippen LogP) is 2.18. The Labute approximate surface area is 82.2 Å². The fourth-order valence-corrected chi connectivity index (χ4v) is 4.13. The fraction of sp³-hybridized carbons (Fsp3) is 1.00. The Morgan fingerprint density at radius 1 is 1.18 bits per heavy atom. The van der Waals surface area contributed by atoms with Crippen LogP contribution in [0.1, 0.15) is 25.7 Å². The molecule has 0 aromatic heterocycles. The molecule has 0 aromatic rings. The molecule has 0 radical (unpaired) electrons. The summed E-state index contributed by atoms with van der Waals surface area (Å²) in [4.78, 5) is 0. The standard InChI is InChI=1S/C9H16IN/c10-9-5-7-4-8(9)3-6(7)1-2-11/h6-9H,1-5,11H2.